The molecule has 1 aromatic rings. The Balaban J connectivity index is 2.26. The predicted molar refractivity (Wildman–Crippen MR) is 72.4 cm³/mol. The van der Waals surface area contributed by atoms with Crippen LogP contribution in [0.25, 0.3) is 0 Å². The minimum Gasteiger partial charge on any atom is -0.396 e. The highest BCUT2D eigenvalue weighted by molar-refractivity contribution is 7.17. The van der Waals surface area contributed by atoms with Gasteiger partial charge in [-0.15, -0.1) is 0 Å². The Morgan fingerprint density at radius 3 is 2.79 bits per heavy atom. The molecule has 19 heavy (non-hydrogen) atoms. The van der Waals surface area contributed by atoms with Crippen LogP contribution in [-0.2, 0) is 4.79 Å². The Labute approximate surface area is 115 Å². The fraction of sp³-hybridized carbons (Fsp3) is 0.583. The maximum absolute atomic E-state index is 11.9. The molecule has 1 unspecified atom stereocenters. The first-order chi connectivity index (χ1) is 8.93. The van der Waals surface area contributed by atoms with Crippen molar-refractivity contribution in [3.05, 3.63) is 10.6 Å². The second kappa shape index (κ2) is 5.26. The first-order valence-corrected chi connectivity index (χ1v) is 6.86. The van der Waals surface area contributed by atoms with E-state index in [0.717, 1.165) is 0 Å². The van der Waals surface area contributed by atoms with Crippen molar-refractivity contribution in [3.63, 3.8) is 0 Å². The van der Waals surface area contributed by atoms with Crippen molar-refractivity contribution in [2.24, 2.45) is 5.92 Å². The van der Waals surface area contributed by atoms with Crippen LogP contribution in [0.3, 0.4) is 0 Å². The summed E-state index contributed by atoms with van der Waals surface area (Å²) in [5, 5.41) is 9.66. The quantitative estimate of drug-likeness (QED) is 0.876. The van der Waals surface area contributed by atoms with Crippen molar-refractivity contribution >= 4 is 28.3 Å². The third-order valence-electron chi connectivity index (χ3n) is 3.08. The number of nitrogens with zero attached hydrogens (tertiary/aromatic N) is 3. The van der Waals surface area contributed by atoms with Gasteiger partial charge in [-0.2, -0.15) is 0 Å². The van der Waals surface area contributed by atoms with Gasteiger partial charge in [0.15, 0.2) is 5.13 Å². The summed E-state index contributed by atoms with van der Waals surface area (Å²) in [4.78, 5) is 31.7. The summed E-state index contributed by atoms with van der Waals surface area (Å²) in [6.07, 6.45) is 0.339. The molecular weight excluding hydrogens is 266 g/mol. The van der Waals surface area contributed by atoms with Gasteiger partial charge in [0, 0.05) is 39.6 Å². The fourth-order valence-electron chi connectivity index (χ4n) is 1.99. The summed E-state index contributed by atoms with van der Waals surface area (Å²) in [6, 6.07) is 0. The zero-order valence-corrected chi connectivity index (χ0v) is 12.0. The molecule has 2 rings (SSSR count). The lowest BCUT2D eigenvalue weighted by Crippen LogP contribution is -2.24. The predicted octanol–water partition coefficient (Wildman–Crippen LogP) is 0.499. The van der Waals surface area contributed by atoms with E-state index in [4.69, 9.17) is 5.11 Å². The molecule has 0 spiro atoms. The number of thiazole rings is 1. The summed E-state index contributed by atoms with van der Waals surface area (Å²) < 4.78 is 0. The molecule has 1 aromatic heterocycles. The second-order valence-electron chi connectivity index (χ2n) is 4.87. The summed E-state index contributed by atoms with van der Waals surface area (Å²) in [7, 11) is 3.37. The van der Waals surface area contributed by atoms with Crippen LogP contribution in [-0.4, -0.2) is 54.1 Å². The molecule has 1 saturated heterocycles. The van der Waals surface area contributed by atoms with Gasteiger partial charge in [0.1, 0.15) is 4.88 Å². The lowest BCUT2D eigenvalue weighted by molar-refractivity contribution is -0.117. The third-order valence-corrected chi connectivity index (χ3v) is 4.25. The van der Waals surface area contributed by atoms with Crippen LogP contribution >= 0.6 is 11.3 Å². The van der Waals surface area contributed by atoms with E-state index in [9.17, 15) is 9.59 Å². The van der Waals surface area contributed by atoms with Gasteiger partial charge in [0.2, 0.25) is 5.91 Å². The van der Waals surface area contributed by atoms with Crippen molar-refractivity contribution in [2.45, 2.75) is 13.3 Å². The van der Waals surface area contributed by atoms with Crippen molar-refractivity contribution in [2.75, 3.05) is 32.1 Å². The highest BCUT2D eigenvalue weighted by atomic mass is 32.1. The van der Waals surface area contributed by atoms with Gasteiger partial charge in [0.05, 0.1) is 5.69 Å². The Morgan fingerprint density at radius 2 is 2.26 bits per heavy atom. The number of hydrogen-bond donors (Lipinski definition) is 1. The van der Waals surface area contributed by atoms with Gasteiger partial charge >= 0.3 is 0 Å². The molecule has 104 valence electrons. The van der Waals surface area contributed by atoms with Crippen LogP contribution in [0, 0.1) is 12.8 Å². The van der Waals surface area contributed by atoms with Crippen LogP contribution in [0.5, 0.6) is 0 Å². The summed E-state index contributed by atoms with van der Waals surface area (Å²) in [5.41, 5.74) is 0.638. The van der Waals surface area contributed by atoms with Gasteiger partial charge in [-0.05, 0) is 6.92 Å². The molecule has 2 amide bonds. The van der Waals surface area contributed by atoms with Gasteiger partial charge in [-0.3, -0.25) is 14.5 Å². The van der Waals surface area contributed by atoms with Gasteiger partial charge in [-0.1, -0.05) is 11.3 Å². The molecule has 0 aliphatic carbocycles. The van der Waals surface area contributed by atoms with E-state index in [1.807, 2.05) is 0 Å². The lowest BCUT2D eigenvalue weighted by Gasteiger charge is -2.12. The molecule has 2 heterocycles. The molecular formula is C12H17N3O3S. The Hall–Kier alpha value is -1.47. The number of aliphatic hydroxyl groups excluding tert-OH is 1. The summed E-state index contributed by atoms with van der Waals surface area (Å²) in [5.74, 6) is -0.187. The van der Waals surface area contributed by atoms with Gasteiger partial charge in [0.25, 0.3) is 5.91 Å². The number of anilines is 1. The molecule has 1 aliphatic heterocycles. The molecule has 6 nitrogen and oxygen atoms in total. The number of carbonyl (C=O) groups excluding carboxylic acids is 2. The molecule has 0 aromatic carbocycles. The zero-order valence-electron chi connectivity index (χ0n) is 11.2. The number of carbonyl (C=O) groups is 2. The van der Waals surface area contributed by atoms with Crippen LogP contribution in [0.15, 0.2) is 0 Å². The van der Waals surface area contributed by atoms with E-state index in [1.165, 1.54) is 16.2 Å². The van der Waals surface area contributed by atoms with Crippen molar-refractivity contribution in [1.29, 1.82) is 0 Å². The second-order valence-corrected chi connectivity index (χ2v) is 5.85. The summed E-state index contributed by atoms with van der Waals surface area (Å²) >= 11 is 1.23. The number of aromatic nitrogens is 1. The molecule has 1 N–H and O–H groups in total. The van der Waals surface area contributed by atoms with Crippen LogP contribution in [0.1, 0.15) is 21.8 Å². The topological polar surface area (TPSA) is 73.7 Å². The smallest absolute Gasteiger partial charge is 0.265 e. The SMILES string of the molecule is Cc1nc(N2CC(CO)CC2=O)sc1C(=O)N(C)C. The van der Waals surface area contributed by atoms with Gasteiger partial charge in [-0.25, -0.2) is 4.98 Å². The van der Waals surface area contributed by atoms with Gasteiger partial charge < -0.3 is 10.0 Å². The van der Waals surface area contributed by atoms with E-state index in [0.29, 0.717) is 28.7 Å². The van der Waals surface area contributed by atoms with Crippen molar-refractivity contribution in [1.82, 2.24) is 9.88 Å². The Morgan fingerprint density at radius 1 is 1.58 bits per heavy atom. The first kappa shape index (κ1) is 14.0. The lowest BCUT2D eigenvalue weighted by atomic mass is 10.1. The van der Waals surface area contributed by atoms with E-state index >= 15 is 0 Å². The highest BCUT2D eigenvalue weighted by Gasteiger charge is 2.32. The van der Waals surface area contributed by atoms with Crippen LogP contribution in [0.2, 0.25) is 0 Å². The minimum absolute atomic E-state index is 0.00389. The molecule has 1 aliphatic rings. The molecule has 0 bridgehead atoms. The van der Waals surface area contributed by atoms with E-state index in [2.05, 4.69) is 4.98 Å². The number of amides is 2. The van der Waals surface area contributed by atoms with Crippen LogP contribution < -0.4 is 4.90 Å². The van der Waals surface area contributed by atoms with E-state index in [1.54, 1.807) is 25.9 Å². The first-order valence-electron chi connectivity index (χ1n) is 6.04. The number of aliphatic hydroxyl groups is 1. The maximum Gasteiger partial charge on any atom is 0.265 e. The molecule has 0 radical (unpaired) electrons. The van der Waals surface area contributed by atoms with Crippen molar-refractivity contribution < 1.29 is 14.7 Å². The molecule has 1 atom stereocenters. The monoisotopic (exact) mass is 283 g/mol. The van der Waals surface area contributed by atoms with Crippen molar-refractivity contribution in [3.8, 4) is 0 Å². The number of rotatable bonds is 3. The average molecular weight is 283 g/mol. The summed E-state index contributed by atoms with van der Waals surface area (Å²) in [6.45, 7) is 2.23. The zero-order chi connectivity index (χ0) is 14.2. The number of hydrogen-bond acceptors (Lipinski definition) is 5. The largest absolute Gasteiger partial charge is 0.396 e. The maximum atomic E-state index is 11.9. The number of aryl methyl sites for hydroxylation is 1. The standard InChI is InChI=1S/C12H17N3O3S/c1-7-10(11(18)14(2)3)19-12(13-7)15-5-8(6-16)4-9(15)17/h8,16H,4-6H2,1-3H3. The molecule has 0 saturated carbocycles. The minimum atomic E-state index is -0.105. The van der Waals surface area contributed by atoms with Crippen LogP contribution in [0.4, 0.5) is 5.13 Å². The van der Waals surface area contributed by atoms with E-state index < -0.39 is 0 Å². The fourth-order valence-corrected chi connectivity index (χ4v) is 3.10. The molecule has 1 fully saturated rings. The Bertz CT molecular complexity index is 512. The Kier molecular flexibility index (Phi) is 3.86. The third kappa shape index (κ3) is 2.62. The van der Waals surface area contributed by atoms with E-state index in [-0.39, 0.29) is 24.3 Å². The molecule has 7 heteroatoms. The normalized spacial score (nSPS) is 19.1. The highest BCUT2D eigenvalue weighted by Crippen LogP contribution is 2.31. The average Bonchev–Trinajstić information content (AvgIpc) is 2.91.